The molecular weight excluding hydrogens is 453 g/mol. The van der Waals surface area contributed by atoms with Gasteiger partial charge in [0.2, 0.25) is 6.79 Å². The zero-order chi connectivity index (χ0) is 23.9. The summed E-state index contributed by atoms with van der Waals surface area (Å²) in [6, 6.07) is 9.50. The SMILES string of the molecule is COc1ccc([C@@H]2C[C@H](C(F)(F)F)n3ncc(C(=O)NCc4ccc5c(c4)OCO5)c3N2)cc1. The fourth-order valence-electron chi connectivity index (χ4n) is 4.11. The summed E-state index contributed by atoms with van der Waals surface area (Å²) in [5, 5.41) is 9.72. The van der Waals surface area contributed by atoms with E-state index in [1.165, 1.54) is 7.11 Å². The smallest absolute Gasteiger partial charge is 0.410 e. The second-order valence-electron chi connectivity index (χ2n) is 7.98. The van der Waals surface area contributed by atoms with Gasteiger partial charge in [0, 0.05) is 13.0 Å². The van der Waals surface area contributed by atoms with Crippen molar-refractivity contribution in [3.8, 4) is 17.2 Å². The summed E-state index contributed by atoms with van der Waals surface area (Å²) in [5.41, 5.74) is 1.44. The number of benzene rings is 2. The number of methoxy groups -OCH3 is 1. The van der Waals surface area contributed by atoms with Crippen molar-refractivity contribution < 1.29 is 32.2 Å². The summed E-state index contributed by atoms with van der Waals surface area (Å²) >= 11 is 0. The predicted octanol–water partition coefficient (Wildman–Crippen LogP) is 4.21. The van der Waals surface area contributed by atoms with Gasteiger partial charge in [-0.1, -0.05) is 18.2 Å². The number of halogens is 3. The molecule has 0 bridgehead atoms. The van der Waals surface area contributed by atoms with E-state index in [2.05, 4.69) is 15.7 Å². The molecule has 8 nitrogen and oxygen atoms in total. The van der Waals surface area contributed by atoms with Crippen molar-refractivity contribution in [3.05, 3.63) is 65.4 Å². The fourth-order valence-corrected chi connectivity index (χ4v) is 4.11. The minimum absolute atomic E-state index is 0.0255. The maximum Gasteiger partial charge on any atom is 0.410 e. The number of amides is 1. The van der Waals surface area contributed by atoms with Crippen LogP contribution in [-0.2, 0) is 6.54 Å². The fraction of sp³-hybridized carbons (Fsp3) is 0.304. The summed E-state index contributed by atoms with van der Waals surface area (Å²) in [6.45, 7) is 0.291. The molecule has 1 amide bonds. The number of aromatic nitrogens is 2. The third-order valence-corrected chi connectivity index (χ3v) is 5.89. The molecule has 5 rings (SSSR count). The first-order valence-electron chi connectivity index (χ1n) is 10.5. The Bertz CT molecular complexity index is 1210. The highest BCUT2D eigenvalue weighted by atomic mass is 19.4. The third-order valence-electron chi connectivity index (χ3n) is 5.89. The lowest BCUT2D eigenvalue weighted by atomic mass is 9.96. The molecule has 0 aliphatic carbocycles. The highest BCUT2D eigenvalue weighted by Crippen LogP contribution is 2.44. The molecule has 0 fully saturated rings. The second-order valence-corrected chi connectivity index (χ2v) is 7.98. The number of carbonyl (C=O) groups is 1. The molecule has 2 aliphatic heterocycles. The molecule has 2 aromatic carbocycles. The van der Waals surface area contributed by atoms with E-state index in [4.69, 9.17) is 14.2 Å². The number of nitrogens with zero attached hydrogens (tertiary/aromatic N) is 2. The van der Waals surface area contributed by atoms with E-state index in [9.17, 15) is 18.0 Å². The second kappa shape index (κ2) is 8.47. The van der Waals surface area contributed by atoms with E-state index in [0.29, 0.717) is 22.8 Å². The van der Waals surface area contributed by atoms with Crippen molar-refractivity contribution in [1.29, 1.82) is 0 Å². The van der Waals surface area contributed by atoms with Crippen LogP contribution in [-0.4, -0.2) is 35.8 Å². The summed E-state index contributed by atoms with van der Waals surface area (Å²) < 4.78 is 58.2. The van der Waals surface area contributed by atoms with E-state index in [1.54, 1.807) is 42.5 Å². The Hall–Kier alpha value is -3.89. The van der Waals surface area contributed by atoms with Gasteiger partial charge >= 0.3 is 6.18 Å². The van der Waals surface area contributed by atoms with E-state index in [1.807, 2.05) is 0 Å². The molecular formula is C23H21F3N4O4. The Morgan fingerprint density at radius 1 is 1.21 bits per heavy atom. The van der Waals surface area contributed by atoms with Crippen LogP contribution >= 0.6 is 0 Å². The Labute approximate surface area is 192 Å². The summed E-state index contributed by atoms with van der Waals surface area (Å²) in [6.07, 6.45) is -3.64. The Morgan fingerprint density at radius 2 is 1.97 bits per heavy atom. The van der Waals surface area contributed by atoms with Crippen molar-refractivity contribution in [2.24, 2.45) is 0 Å². The van der Waals surface area contributed by atoms with Gasteiger partial charge in [-0.15, -0.1) is 0 Å². The number of carbonyl (C=O) groups excluding carboxylic acids is 1. The molecule has 1 aromatic heterocycles. The summed E-state index contributed by atoms with van der Waals surface area (Å²) in [5.74, 6) is 1.28. The molecule has 178 valence electrons. The first-order chi connectivity index (χ1) is 16.3. The predicted molar refractivity (Wildman–Crippen MR) is 115 cm³/mol. The minimum atomic E-state index is -4.53. The van der Waals surface area contributed by atoms with Crippen LogP contribution in [0.2, 0.25) is 0 Å². The summed E-state index contributed by atoms with van der Waals surface area (Å²) in [4.78, 5) is 12.9. The van der Waals surface area contributed by atoms with E-state index in [-0.39, 0.29) is 31.1 Å². The molecule has 0 spiro atoms. The average Bonchev–Trinajstić information content (AvgIpc) is 3.48. The molecule has 0 unspecified atom stereocenters. The van der Waals surface area contributed by atoms with Gasteiger partial charge in [-0.05, 0) is 35.4 Å². The standard InChI is InChI=1S/C23H21F3N4O4/c1-32-15-5-3-14(4-6-15)17-9-20(23(24,25)26)30-21(29-17)16(11-28-30)22(31)27-10-13-2-7-18-19(8-13)34-12-33-18/h2-8,11,17,20,29H,9-10,12H2,1H3,(H,27,31)/t17-,20+/m0/s1. The van der Waals surface area contributed by atoms with Crippen molar-refractivity contribution >= 4 is 11.7 Å². The van der Waals surface area contributed by atoms with E-state index in [0.717, 1.165) is 16.4 Å². The lowest BCUT2D eigenvalue weighted by molar-refractivity contribution is -0.173. The Balaban J connectivity index is 1.38. The van der Waals surface area contributed by atoms with E-state index >= 15 is 0 Å². The van der Waals surface area contributed by atoms with Crippen LogP contribution in [0, 0.1) is 0 Å². The number of alkyl halides is 3. The molecule has 3 aromatic rings. The number of fused-ring (bicyclic) bond motifs is 2. The van der Waals surface area contributed by atoms with Gasteiger partial charge in [0.05, 0.1) is 19.3 Å². The van der Waals surface area contributed by atoms with Crippen LogP contribution < -0.4 is 24.8 Å². The average molecular weight is 474 g/mol. The molecule has 34 heavy (non-hydrogen) atoms. The van der Waals surface area contributed by atoms with Crippen molar-refractivity contribution in [2.45, 2.75) is 31.2 Å². The highest BCUT2D eigenvalue weighted by Gasteiger charge is 2.47. The van der Waals surface area contributed by atoms with Crippen LogP contribution in [0.15, 0.2) is 48.7 Å². The van der Waals surface area contributed by atoms with Crippen LogP contribution in [0.4, 0.5) is 19.0 Å². The van der Waals surface area contributed by atoms with Crippen LogP contribution in [0.3, 0.4) is 0 Å². The maximum absolute atomic E-state index is 13.9. The van der Waals surface area contributed by atoms with Crippen LogP contribution in [0.25, 0.3) is 0 Å². The van der Waals surface area contributed by atoms with Gasteiger partial charge in [-0.2, -0.15) is 18.3 Å². The first kappa shape index (κ1) is 21.9. The molecule has 0 saturated heterocycles. The number of anilines is 1. The van der Waals surface area contributed by atoms with Gasteiger partial charge in [-0.25, -0.2) is 4.68 Å². The molecule has 2 N–H and O–H groups in total. The zero-order valence-electron chi connectivity index (χ0n) is 18.1. The molecule has 2 atom stereocenters. The quantitative estimate of drug-likeness (QED) is 0.576. The third kappa shape index (κ3) is 4.09. The topological polar surface area (TPSA) is 86.6 Å². The molecule has 11 heteroatoms. The normalized spacial score (nSPS) is 18.7. The Kier molecular flexibility index (Phi) is 5.46. The summed E-state index contributed by atoms with van der Waals surface area (Å²) in [7, 11) is 1.51. The van der Waals surface area contributed by atoms with Crippen molar-refractivity contribution in [3.63, 3.8) is 0 Å². The van der Waals surface area contributed by atoms with Gasteiger partial charge in [-0.3, -0.25) is 4.79 Å². The Morgan fingerprint density at radius 3 is 2.71 bits per heavy atom. The number of rotatable bonds is 5. The molecule has 3 heterocycles. The number of nitrogens with one attached hydrogen (secondary N) is 2. The van der Waals surface area contributed by atoms with Gasteiger partial charge in [0.1, 0.15) is 17.1 Å². The van der Waals surface area contributed by atoms with Gasteiger partial charge in [0.15, 0.2) is 17.5 Å². The van der Waals surface area contributed by atoms with Gasteiger partial charge < -0.3 is 24.8 Å². The van der Waals surface area contributed by atoms with Crippen LogP contribution in [0.1, 0.15) is 40.0 Å². The van der Waals surface area contributed by atoms with Crippen molar-refractivity contribution in [1.82, 2.24) is 15.1 Å². The highest BCUT2D eigenvalue weighted by molar-refractivity contribution is 5.98. The molecule has 0 radical (unpaired) electrons. The number of hydrogen-bond donors (Lipinski definition) is 2. The minimum Gasteiger partial charge on any atom is -0.497 e. The van der Waals surface area contributed by atoms with E-state index < -0.39 is 24.2 Å². The zero-order valence-corrected chi connectivity index (χ0v) is 18.1. The van der Waals surface area contributed by atoms with Crippen LogP contribution in [0.5, 0.6) is 17.2 Å². The van der Waals surface area contributed by atoms with Gasteiger partial charge in [0.25, 0.3) is 5.91 Å². The number of hydrogen-bond acceptors (Lipinski definition) is 6. The largest absolute Gasteiger partial charge is 0.497 e. The lowest BCUT2D eigenvalue weighted by Gasteiger charge is -2.34. The first-order valence-corrected chi connectivity index (χ1v) is 10.5. The monoisotopic (exact) mass is 474 g/mol. The van der Waals surface area contributed by atoms with Crippen molar-refractivity contribution in [2.75, 3.05) is 19.2 Å². The maximum atomic E-state index is 13.9. The molecule has 0 saturated carbocycles. The number of ether oxygens (including phenoxy) is 3. The molecule has 2 aliphatic rings. The lowest BCUT2D eigenvalue weighted by Crippen LogP contribution is -2.36.